The fraction of sp³-hybridized carbons (Fsp3) is 0.684. The standard InChI is InChI=1S/C19H26F2/c1-2-3-13-4-5-15-9-16(7-6-14(15)8-13)17-10-18(20)12-19(21)11-17/h10-16H,2-9H2,1H3. The van der Waals surface area contributed by atoms with E-state index in [9.17, 15) is 8.78 Å². The van der Waals surface area contributed by atoms with Crippen LogP contribution in [0.15, 0.2) is 18.2 Å². The van der Waals surface area contributed by atoms with Crippen LogP contribution in [0.3, 0.4) is 0 Å². The van der Waals surface area contributed by atoms with Gasteiger partial charge in [0.2, 0.25) is 0 Å². The van der Waals surface area contributed by atoms with Crippen molar-refractivity contribution in [3.05, 3.63) is 35.4 Å². The maximum absolute atomic E-state index is 13.4. The first kappa shape index (κ1) is 15.0. The maximum atomic E-state index is 13.4. The van der Waals surface area contributed by atoms with Gasteiger partial charge >= 0.3 is 0 Å². The van der Waals surface area contributed by atoms with Gasteiger partial charge in [0.15, 0.2) is 0 Å². The van der Waals surface area contributed by atoms with E-state index in [4.69, 9.17) is 0 Å². The Morgan fingerprint density at radius 3 is 2.29 bits per heavy atom. The second-order valence-electron chi connectivity index (χ2n) is 7.20. The third kappa shape index (κ3) is 3.46. The summed E-state index contributed by atoms with van der Waals surface area (Å²) in [5.74, 6) is 2.07. The van der Waals surface area contributed by atoms with E-state index < -0.39 is 11.6 Å². The van der Waals surface area contributed by atoms with Gasteiger partial charge in [0.05, 0.1) is 0 Å². The summed E-state index contributed by atoms with van der Waals surface area (Å²) >= 11 is 0. The lowest BCUT2D eigenvalue weighted by molar-refractivity contribution is 0.114. The van der Waals surface area contributed by atoms with E-state index >= 15 is 0 Å². The number of hydrogen-bond acceptors (Lipinski definition) is 0. The zero-order valence-corrected chi connectivity index (χ0v) is 13.0. The Bertz CT molecular complexity index is 462. The highest BCUT2D eigenvalue weighted by Crippen LogP contribution is 2.48. The van der Waals surface area contributed by atoms with E-state index in [2.05, 4.69) is 6.92 Å². The van der Waals surface area contributed by atoms with Gasteiger partial charge in [-0.25, -0.2) is 8.78 Å². The second-order valence-corrected chi connectivity index (χ2v) is 7.20. The normalized spacial score (nSPS) is 32.7. The van der Waals surface area contributed by atoms with Gasteiger partial charge in [-0.3, -0.25) is 0 Å². The maximum Gasteiger partial charge on any atom is 0.126 e. The van der Waals surface area contributed by atoms with E-state index in [1.807, 2.05) is 0 Å². The third-order valence-corrected chi connectivity index (χ3v) is 5.77. The minimum Gasteiger partial charge on any atom is -0.207 e. The van der Waals surface area contributed by atoms with Crippen molar-refractivity contribution in [2.24, 2.45) is 17.8 Å². The molecule has 0 radical (unpaired) electrons. The van der Waals surface area contributed by atoms with Crippen LogP contribution < -0.4 is 0 Å². The monoisotopic (exact) mass is 292 g/mol. The van der Waals surface area contributed by atoms with Crippen LogP contribution in [0.5, 0.6) is 0 Å². The molecule has 0 aliphatic heterocycles. The van der Waals surface area contributed by atoms with Crippen LogP contribution in [0.25, 0.3) is 0 Å². The second kappa shape index (κ2) is 6.46. The van der Waals surface area contributed by atoms with Gasteiger partial charge in [-0.2, -0.15) is 0 Å². The highest BCUT2D eigenvalue weighted by atomic mass is 19.1. The Hall–Kier alpha value is -0.920. The average Bonchev–Trinajstić information content (AvgIpc) is 2.46. The number of hydrogen-bond donors (Lipinski definition) is 0. The first-order chi connectivity index (χ1) is 10.2. The molecule has 2 aliphatic rings. The molecule has 0 spiro atoms. The number of benzene rings is 1. The van der Waals surface area contributed by atoms with Gasteiger partial charge in [0.25, 0.3) is 0 Å². The summed E-state index contributed by atoms with van der Waals surface area (Å²) in [6.07, 6.45) is 10.2. The Morgan fingerprint density at radius 1 is 0.905 bits per heavy atom. The number of fused-ring (bicyclic) bond motifs is 1. The molecule has 0 N–H and O–H groups in total. The first-order valence-electron chi connectivity index (χ1n) is 8.61. The zero-order chi connectivity index (χ0) is 14.8. The van der Waals surface area contributed by atoms with Crippen LogP contribution in [-0.4, -0.2) is 0 Å². The molecule has 2 fully saturated rings. The van der Waals surface area contributed by atoms with Crippen molar-refractivity contribution in [2.45, 2.75) is 64.2 Å². The van der Waals surface area contributed by atoms with Crippen molar-refractivity contribution < 1.29 is 8.78 Å². The molecule has 0 amide bonds. The number of rotatable bonds is 3. The molecule has 0 nitrogen and oxygen atoms in total. The van der Waals surface area contributed by atoms with Crippen molar-refractivity contribution in [2.75, 3.05) is 0 Å². The van der Waals surface area contributed by atoms with E-state index in [1.54, 1.807) is 0 Å². The van der Waals surface area contributed by atoms with Crippen LogP contribution in [0, 0.1) is 29.4 Å². The van der Waals surface area contributed by atoms with Crippen molar-refractivity contribution in [1.82, 2.24) is 0 Å². The fourth-order valence-corrected chi connectivity index (χ4v) is 4.77. The van der Waals surface area contributed by atoms with Crippen LogP contribution in [-0.2, 0) is 0 Å². The summed E-state index contributed by atoms with van der Waals surface area (Å²) in [6.45, 7) is 2.28. The Balaban J connectivity index is 1.65. The van der Waals surface area contributed by atoms with Crippen molar-refractivity contribution in [3.63, 3.8) is 0 Å². The summed E-state index contributed by atoms with van der Waals surface area (Å²) in [7, 11) is 0. The molecule has 0 saturated heterocycles. The highest BCUT2D eigenvalue weighted by Gasteiger charge is 2.35. The molecule has 4 atom stereocenters. The summed E-state index contributed by atoms with van der Waals surface area (Å²) < 4.78 is 26.8. The molecule has 2 aliphatic carbocycles. The van der Waals surface area contributed by atoms with E-state index in [-0.39, 0.29) is 0 Å². The summed E-state index contributed by atoms with van der Waals surface area (Å²) in [5, 5.41) is 0. The lowest BCUT2D eigenvalue weighted by Gasteiger charge is -2.42. The van der Waals surface area contributed by atoms with E-state index in [0.29, 0.717) is 5.92 Å². The minimum absolute atomic E-state index is 0.360. The molecular formula is C19H26F2. The molecule has 21 heavy (non-hydrogen) atoms. The SMILES string of the molecule is CCCC1CCC2CC(c3cc(F)cc(F)c3)CCC2C1. The lowest BCUT2D eigenvalue weighted by atomic mass is 9.63. The van der Waals surface area contributed by atoms with Gasteiger partial charge in [-0.15, -0.1) is 0 Å². The summed E-state index contributed by atoms with van der Waals surface area (Å²) in [6, 6.07) is 4.05. The fourth-order valence-electron chi connectivity index (χ4n) is 4.77. The Morgan fingerprint density at radius 2 is 1.57 bits per heavy atom. The molecule has 0 heterocycles. The molecule has 116 valence electrons. The average molecular weight is 292 g/mol. The van der Waals surface area contributed by atoms with Crippen molar-refractivity contribution in [3.8, 4) is 0 Å². The predicted molar refractivity (Wildman–Crippen MR) is 82.2 cm³/mol. The van der Waals surface area contributed by atoms with E-state index in [1.165, 1.54) is 50.7 Å². The highest BCUT2D eigenvalue weighted by molar-refractivity contribution is 5.22. The summed E-state index contributed by atoms with van der Waals surface area (Å²) in [5.41, 5.74) is 0.877. The molecular weight excluding hydrogens is 266 g/mol. The number of halogens is 2. The van der Waals surface area contributed by atoms with Gasteiger partial charge in [-0.05, 0) is 73.5 Å². The first-order valence-corrected chi connectivity index (χ1v) is 8.61. The minimum atomic E-state index is -0.432. The van der Waals surface area contributed by atoms with Crippen LogP contribution in [0.1, 0.15) is 69.8 Å². The lowest BCUT2D eigenvalue weighted by Crippen LogP contribution is -2.30. The molecule has 4 unspecified atom stereocenters. The van der Waals surface area contributed by atoms with Gasteiger partial charge < -0.3 is 0 Å². The molecule has 0 bridgehead atoms. The third-order valence-electron chi connectivity index (χ3n) is 5.77. The largest absolute Gasteiger partial charge is 0.207 e. The van der Waals surface area contributed by atoms with Gasteiger partial charge in [0.1, 0.15) is 11.6 Å². The van der Waals surface area contributed by atoms with Gasteiger partial charge in [0, 0.05) is 6.07 Å². The molecule has 2 saturated carbocycles. The molecule has 1 aromatic rings. The Labute approximate surface area is 126 Å². The van der Waals surface area contributed by atoms with E-state index in [0.717, 1.165) is 42.2 Å². The molecule has 3 rings (SSSR count). The van der Waals surface area contributed by atoms with Crippen LogP contribution in [0.2, 0.25) is 0 Å². The zero-order valence-electron chi connectivity index (χ0n) is 13.0. The van der Waals surface area contributed by atoms with Gasteiger partial charge in [-0.1, -0.05) is 26.2 Å². The predicted octanol–water partition coefficient (Wildman–Crippen LogP) is 6.06. The van der Waals surface area contributed by atoms with Crippen LogP contribution >= 0.6 is 0 Å². The quantitative estimate of drug-likeness (QED) is 0.634. The van der Waals surface area contributed by atoms with Crippen molar-refractivity contribution >= 4 is 0 Å². The smallest absolute Gasteiger partial charge is 0.126 e. The summed E-state index contributed by atoms with van der Waals surface area (Å²) in [4.78, 5) is 0. The topological polar surface area (TPSA) is 0 Å². The Kier molecular flexibility index (Phi) is 4.61. The molecule has 0 aromatic heterocycles. The van der Waals surface area contributed by atoms with Crippen LogP contribution in [0.4, 0.5) is 8.78 Å². The molecule has 1 aromatic carbocycles. The van der Waals surface area contributed by atoms with Crippen molar-refractivity contribution in [1.29, 1.82) is 0 Å². The molecule has 2 heteroatoms.